The van der Waals surface area contributed by atoms with Gasteiger partial charge in [-0.15, -0.1) is 0 Å². The average Bonchev–Trinajstić information content (AvgIpc) is 2.20. The van der Waals surface area contributed by atoms with Gasteiger partial charge in [-0.25, -0.2) is 4.98 Å². The van der Waals surface area contributed by atoms with Crippen LogP contribution in [0.15, 0.2) is 30.3 Å². The zero-order chi connectivity index (χ0) is 11.5. The molecule has 2 aromatic rings. The fourth-order valence-electron chi connectivity index (χ4n) is 1.36. The van der Waals surface area contributed by atoms with E-state index in [-0.39, 0.29) is 5.95 Å². The highest BCUT2D eigenvalue weighted by atomic mass is 127. The molecule has 0 spiro atoms. The number of halogens is 1. The topological polar surface area (TPSA) is 63.8 Å². The van der Waals surface area contributed by atoms with E-state index in [1.165, 1.54) is 0 Å². The van der Waals surface area contributed by atoms with Crippen LogP contribution in [0.4, 0.5) is 17.5 Å². The van der Waals surface area contributed by atoms with Gasteiger partial charge in [0, 0.05) is 15.3 Å². The maximum absolute atomic E-state index is 5.59. The van der Waals surface area contributed by atoms with Crippen LogP contribution in [0.1, 0.15) is 5.69 Å². The Balaban J connectivity index is 2.30. The Morgan fingerprint density at radius 1 is 1.25 bits per heavy atom. The molecule has 82 valence electrons. The second-order valence-corrected chi connectivity index (χ2v) is 4.52. The van der Waals surface area contributed by atoms with Crippen molar-refractivity contribution in [3.05, 3.63) is 39.6 Å². The van der Waals surface area contributed by atoms with Crippen LogP contribution in [-0.4, -0.2) is 9.97 Å². The van der Waals surface area contributed by atoms with Gasteiger partial charge in [-0.3, -0.25) is 0 Å². The standard InChI is InChI=1S/C11H11IN4/c1-7-6-10(16-11(13)14-7)15-9-5-3-2-4-8(9)12/h2-6H,1H3,(H3,13,14,15,16). The van der Waals surface area contributed by atoms with Crippen molar-refractivity contribution in [3.8, 4) is 0 Å². The summed E-state index contributed by atoms with van der Waals surface area (Å²) in [7, 11) is 0. The SMILES string of the molecule is Cc1cc(Nc2ccccc2I)nc(N)n1. The molecule has 0 aliphatic heterocycles. The molecule has 0 fully saturated rings. The first-order valence-corrected chi connectivity index (χ1v) is 5.86. The second kappa shape index (κ2) is 4.65. The number of aryl methyl sites for hydroxylation is 1. The third-order valence-corrected chi connectivity index (χ3v) is 2.95. The highest BCUT2D eigenvalue weighted by molar-refractivity contribution is 14.1. The van der Waals surface area contributed by atoms with Crippen LogP contribution < -0.4 is 11.1 Å². The van der Waals surface area contributed by atoms with E-state index in [1.807, 2.05) is 37.3 Å². The number of hydrogen-bond donors (Lipinski definition) is 2. The number of hydrogen-bond acceptors (Lipinski definition) is 4. The zero-order valence-electron chi connectivity index (χ0n) is 8.74. The van der Waals surface area contributed by atoms with Crippen LogP contribution in [-0.2, 0) is 0 Å². The molecule has 1 aromatic carbocycles. The Hall–Kier alpha value is -1.37. The van der Waals surface area contributed by atoms with Crippen LogP contribution in [0, 0.1) is 10.5 Å². The summed E-state index contributed by atoms with van der Waals surface area (Å²) in [4.78, 5) is 8.15. The van der Waals surface area contributed by atoms with E-state index in [9.17, 15) is 0 Å². The predicted octanol–water partition coefficient (Wildman–Crippen LogP) is 2.72. The first-order chi connectivity index (χ1) is 7.65. The Labute approximate surface area is 107 Å². The number of nitrogens with one attached hydrogen (secondary N) is 1. The average molecular weight is 326 g/mol. The van der Waals surface area contributed by atoms with E-state index in [2.05, 4.69) is 37.9 Å². The third-order valence-electron chi connectivity index (χ3n) is 2.01. The minimum absolute atomic E-state index is 0.286. The van der Waals surface area contributed by atoms with E-state index in [0.29, 0.717) is 5.82 Å². The zero-order valence-corrected chi connectivity index (χ0v) is 10.9. The normalized spacial score (nSPS) is 10.1. The van der Waals surface area contributed by atoms with Crippen LogP contribution in [0.5, 0.6) is 0 Å². The molecule has 0 radical (unpaired) electrons. The van der Waals surface area contributed by atoms with Crippen molar-refractivity contribution in [2.45, 2.75) is 6.92 Å². The number of benzene rings is 1. The summed E-state index contributed by atoms with van der Waals surface area (Å²) in [6.45, 7) is 1.89. The van der Waals surface area contributed by atoms with E-state index in [0.717, 1.165) is 15.0 Å². The number of anilines is 3. The molecule has 0 unspecified atom stereocenters. The maximum Gasteiger partial charge on any atom is 0.222 e. The van der Waals surface area contributed by atoms with Crippen LogP contribution in [0.3, 0.4) is 0 Å². The summed E-state index contributed by atoms with van der Waals surface area (Å²) >= 11 is 2.27. The second-order valence-electron chi connectivity index (χ2n) is 3.36. The highest BCUT2D eigenvalue weighted by Crippen LogP contribution is 2.21. The minimum Gasteiger partial charge on any atom is -0.368 e. The maximum atomic E-state index is 5.59. The van der Waals surface area contributed by atoms with Crippen LogP contribution in [0.2, 0.25) is 0 Å². The number of aromatic nitrogens is 2. The fraction of sp³-hybridized carbons (Fsp3) is 0.0909. The molecule has 0 atom stereocenters. The molecule has 1 heterocycles. The largest absolute Gasteiger partial charge is 0.368 e. The van der Waals surface area contributed by atoms with Crippen molar-refractivity contribution < 1.29 is 0 Å². The molecule has 0 aliphatic rings. The lowest BCUT2D eigenvalue weighted by Crippen LogP contribution is -2.01. The van der Waals surface area contributed by atoms with Gasteiger partial charge in [-0.1, -0.05) is 12.1 Å². The molecule has 3 N–H and O–H groups in total. The van der Waals surface area contributed by atoms with E-state index >= 15 is 0 Å². The van der Waals surface area contributed by atoms with E-state index < -0.39 is 0 Å². The van der Waals surface area contributed by atoms with Gasteiger partial charge in [0.1, 0.15) is 5.82 Å². The van der Waals surface area contributed by atoms with Gasteiger partial charge in [0.05, 0.1) is 5.69 Å². The Kier molecular flexibility index (Phi) is 3.23. The summed E-state index contributed by atoms with van der Waals surface area (Å²) < 4.78 is 1.13. The number of nitrogens with two attached hydrogens (primary N) is 1. The van der Waals surface area contributed by atoms with Gasteiger partial charge in [-0.05, 0) is 41.6 Å². The minimum atomic E-state index is 0.286. The van der Waals surface area contributed by atoms with E-state index in [4.69, 9.17) is 5.73 Å². The molecule has 0 amide bonds. The molecular weight excluding hydrogens is 315 g/mol. The monoisotopic (exact) mass is 326 g/mol. The predicted molar refractivity (Wildman–Crippen MR) is 73.6 cm³/mol. The van der Waals surface area contributed by atoms with Crippen molar-refractivity contribution in [1.82, 2.24) is 9.97 Å². The Morgan fingerprint density at radius 2 is 2.00 bits per heavy atom. The summed E-state index contributed by atoms with van der Waals surface area (Å²) in [5.74, 6) is 1.00. The lowest BCUT2D eigenvalue weighted by atomic mass is 10.3. The van der Waals surface area contributed by atoms with Crippen molar-refractivity contribution in [1.29, 1.82) is 0 Å². The smallest absolute Gasteiger partial charge is 0.222 e. The molecule has 16 heavy (non-hydrogen) atoms. The fourth-order valence-corrected chi connectivity index (χ4v) is 1.88. The quantitative estimate of drug-likeness (QED) is 0.833. The number of rotatable bonds is 2. The molecule has 0 saturated heterocycles. The summed E-state index contributed by atoms with van der Waals surface area (Å²) in [6.07, 6.45) is 0. The van der Waals surface area contributed by atoms with Crippen molar-refractivity contribution >= 4 is 40.0 Å². The molecule has 2 rings (SSSR count). The van der Waals surface area contributed by atoms with Gasteiger partial charge < -0.3 is 11.1 Å². The van der Waals surface area contributed by atoms with Crippen LogP contribution >= 0.6 is 22.6 Å². The Bertz CT molecular complexity index is 493. The summed E-state index contributed by atoms with van der Waals surface area (Å²) in [5.41, 5.74) is 7.45. The van der Waals surface area contributed by atoms with Crippen molar-refractivity contribution in [2.24, 2.45) is 0 Å². The molecule has 0 bridgehead atoms. The lowest BCUT2D eigenvalue weighted by molar-refractivity contribution is 1.12. The first-order valence-electron chi connectivity index (χ1n) is 4.78. The molecule has 0 aliphatic carbocycles. The molecule has 5 heteroatoms. The van der Waals surface area contributed by atoms with Crippen molar-refractivity contribution in [3.63, 3.8) is 0 Å². The van der Waals surface area contributed by atoms with E-state index in [1.54, 1.807) is 0 Å². The molecular formula is C11H11IN4. The number of nitrogen functional groups attached to an aromatic ring is 1. The van der Waals surface area contributed by atoms with Gasteiger partial charge in [0.15, 0.2) is 0 Å². The van der Waals surface area contributed by atoms with Gasteiger partial charge >= 0.3 is 0 Å². The third kappa shape index (κ3) is 2.60. The molecule has 1 aromatic heterocycles. The summed E-state index contributed by atoms with van der Waals surface area (Å²) in [6, 6.07) is 9.85. The number of nitrogens with zero attached hydrogens (tertiary/aromatic N) is 2. The number of para-hydroxylation sites is 1. The lowest BCUT2D eigenvalue weighted by Gasteiger charge is -2.08. The highest BCUT2D eigenvalue weighted by Gasteiger charge is 2.02. The van der Waals surface area contributed by atoms with Gasteiger partial charge in [0.2, 0.25) is 5.95 Å². The van der Waals surface area contributed by atoms with Gasteiger partial charge in [0.25, 0.3) is 0 Å². The van der Waals surface area contributed by atoms with Crippen molar-refractivity contribution in [2.75, 3.05) is 11.1 Å². The molecule has 0 saturated carbocycles. The van der Waals surface area contributed by atoms with Crippen LogP contribution in [0.25, 0.3) is 0 Å². The Morgan fingerprint density at radius 3 is 2.69 bits per heavy atom. The van der Waals surface area contributed by atoms with Gasteiger partial charge in [-0.2, -0.15) is 4.98 Å². The first kappa shape index (κ1) is 11.1. The molecule has 4 nitrogen and oxygen atoms in total. The summed E-state index contributed by atoms with van der Waals surface area (Å²) in [5, 5.41) is 3.22.